The van der Waals surface area contributed by atoms with Gasteiger partial charge in [-0.05, 0) is 29.8 Å². The van der Waals surface area contributed by atoms with E-state index in [9.17, 15) is 4.79 Å². The number of carbonyl (C=O) groups is 1. The number of ketones is 1. The summed E-state index contributed by atoms with van der Waals surface area (Å²) in [6, 6.07) is 14.5. The van der Waals surface area contributed by atoms with Crippen LogP contribution in [0.15, 0.2) is 48.5 Å². The van der Waals surface area contributed by atoms with E-state index in [4.69, 9.17) is 10.5 Å². The van der Waals surface area contributed by atoms with Gasteiger partial charge < -0.3 is 10.5 Å². The van der Waals surface area contributed by atoms with Crippen LogP contribution < -0.4 is 10.5 Å². The third-order valence-corrected chi connectivity index (χ3v) is 2.71. The van der Waals surface area contributed by atoms with Gasteiger partial charge in [0.05, 0.1) is 7.11 Å². The van der Waals surface area contributed by atoms with Crippen LogP contribution in [0.1, 0.15) is 15.9 Å². The third kappa shape index (κ3) is 2.88. The zero-order valence-corrected chi connectivity index (χ0v) is 10.2. The van der Waals surface area contributed by atoms with Crippen molar-refractivity contribution in [3.8, 4) is 5.75 Å². The van der Waals surface area contributed by atoms with Crippen molar-refractivity contribution in [2.24, 2.45) is 0 Å². The first-order valence-corrected chi connectivity index (χ1v) is 5.71. The Kier molecular flexibility index (Phi) is 3.63. The summed E-state index contributed by atoms with van der Waals surface area (Å²) in [6.07, 6.45) is 0.348. The zero-order chi connectivity index (χ0) is 13.0. The highest BCUT2D eigenvalue weighted by atomic mass is 16.5. The van der Waals surface area contributed by atoms with E-state index in [0.717, 1.165) is 11.3 Å². The molecule has 0 unspecified atom stereocenters. The molecule has 0 aliphatic rings. The number of anilines is 1. The summed E-state index contributed by atoms with van der Waals surface area (Å²) >= 11 is 0. The molecule has 0 atom stereocenters. The smallest absolute Gasteiger partial charge is 0.167 e. The van der Waals surface area contributed by atoms with E-state index in [2.05, 4.69) is 0 Å². The summed E-state index contributed by atoms with van der Waals surface area (Å²) < 4.78 is 5.13. The number of nitrogens with two attached hydrogens (primary N) is 1. The summed E-state index contributed by atoms with van der Waals surface area (Å²) in [6.45, 7) is 0. The minimum Gasteiger partial charge on any atom is -0.497 e. The largest absolute Gasteiger partial charge is 0.497 e. The van der Waals surface area contributed by atoms with E-state index in [1.165, 1.54) is 0 Å². The number of methoxy groups -OCH3 is 1. The first-order chi connectivity index (χ1) is 8.69. The molecule has 2 aromatic carbocycles. The second-order valence-corrected chi connectivity index (χ2v) is 4.08. The van der Waals surface area contributed by atoms with E-state index in [1.807, 2.05) is 24.3 Å². The van der Waals surface area contributed by atoms with Gasteiger partial charge in [0, 0.05) is 17.7 Å². The fraction of sp³-hybridized carbons (Fsp3) is 0.133. The van der Waals surface area contributed by atoms with Crippen LogP contribution in [0.25, 0.3) is 0 Å². The molecule has 18 heavy (non-hydrogen) atoms. The minimum absolute atomic E-state index is 0.0514. The Hall–Kier alpha value is -2.29. The van der Waals surface area contributed by atoms with Gasteiger partial charge in [0.15, 0.2) is 5.78 Å². The number of hydrogen-bond acceptors (Lipinski definition) is 3. The summed E-state index contributed by atoms with van der Waals surface area (Å²) in [7, 11) is 1.61. The Morgan fingerprint density at radius 1 is 1.17 bits per heavy atom. The fourth-order valence-electron chi connectivity index (χ4n) is 1.78. The zero-order valence-electron chi connectivity index (χ0n) is 10.2. The normalized spacial score (nSPS) is 10.1. The number of rotatable bonds is 4. The average molecular weight is 241 g/mol. The van der Waals surface area contributed by atoms with Crippen LogP contribution in [0.3, 0.4) is 0 Å². The molecule has 0 bridgehead atoms. The van der Waals surface area contributed by atoms with Crippen molar-refractivity contribution >= 4 is 11.5 Å². The molecule has 0 heterocycles. The second kappa shape index (κ2) is 5.36. The molecule has 2 rings (SSSR count). The second-order valence-electron chi connectivity index (χ2n) is 4.08. The first-order valence-electron chi connectivity index (χ1n) is 5.71. The monoisotopic (exact) mass is 241 g/mol. The molecule has 0 aliphatic heterocycles. The van der Waals surface area contributed by atoms with Crippen molar-refractivity contribution in [1.29, 1.82) is 0 Å². The number of nitrogen functional groups attached to an aromatic ring is 1. The Morgan fingerprint density at radius 2 is 1.94 bits per heavy atom. The van der Waals surface area contributed by atoms with Crippen LogP contribution in [-0.4, -0.2) is 12.9 Å². The molecule has 2 N–H and O–H groups in total. The van der Waals surface area contributed by atoms with Crippen molar-refractivity contribution in [1.82, 2.24) is 0 Å². The average Bonchev–Trinajstić information content (AvgIpc) is 2.39. The van der Waals surface area contributed by atoms with E-state index >= 15 is 0 Å². The van der Waals surface area contributed by atoms with Crippen molar-refractivity contribution < 1.29 is 9.53 Å². The van der Waals surface area contributed by atoms with E-state index in [0.29, 0.717) is 17.7 Å². The lowest BCUT2D eigenvalue weighted by molar-refractivity contribution is 0.0993. The molecule has 0 spiro atoms. The third-order valence-electron chi connectivity index (χ3n) is 2.71. The van der Waals surface area contributed by atoms with Gasteiger partial charge in [-0.25, -0.2) is 0 Å². The maximum Gasteiger partial charge on any atom is 0.167 e. The summed E-state index contributed by atoms with van der Waals surface area (Å²) in [5.41, 5.74) is 7.84. The quantitative estimate of drug-likeness (QED) is 0.661. The van der Waals surface area contributed by atoms with Gasteiger partial charge in [0.2, 0.25) is 0 Å². The highest BCUT2D eigenvalue weighted by Gasteiger charge is 2.07. The number of Topliss-reactive ketones (excluding diaryl/α,β-unsaturated/α-hetero) is 1. The molecule has 0 saturated heterocycles. The highest BCUT2D eigenvalue weighted by Crippen LogP contribution is 2.15. The van der Waals surface area contributed by atoms with Gasteiger partial charge in [0.25, 0.3) is 0 Å². The van der Waals surface area contributed by atoms with Crippen molar-refractivity contribution in [3.05, 3.63) is 59.7 Å². The predicted molar refractivity (Wildman–Crippen MR) is 71.9 cm³/mol. The van der Waals surface area contributed by atoms with Crippen LogP contribution >= 0.6 is 0 Å². The summed E-state index contributed by atoms with van der Waals surface area (Å²) in [5, 5.41) is 0. The topological polar surface area (TPSA) is 52.3 Å². The van der Waals surface area contributed by atoms with Gasteiger partial charge in [-0.2, -0.15) is 0 Å². The lowest BCUT2D eigenvalue weighted by Gasteiger charge is -2.05. The maximum absolute atomic E-state index is 12.1. The Balaban J connectivity index is 2.16. The lowest BCUT2D eigenvalue weighted by Crippen LogP contribution is -2.04. The van der Waals surface area contributed by atoms with Gasteiger partial charge in [0.1, 0.15) is 5.75 Å². The summed E-state index contributed by atoms with van der Waals surface area (Å²) in [4.78, 5) is 12.1. The van der Waals surface area contributed by atoms with Crippen molar-refractivity contribution in [2.45, 2.75) is 6.42 Å². The molecule has 0 aromatic heterocycles. The molecule has 0 fully saturated rings. The number of hydrogen-bond donors (Lipinski definition) is 1. The van der Waals surface area contributed by atoms with Crippen LogP contribution in [0.2, 0.25) is 0 Å². The van der Waals surface area contributed by atoms with Gasteiger partial charge >= 0.3 is 0 Å². The molecular weight excluding hydrogens is 226 g/mol. The van der Waals surface area contributed by atoms with Crippen LogP contribution in [0.5, 0.6) is 5.75 Å². The van der Waals surface area contributed by atoms with E-state index in [-0.39, 0.29) is 5.78 Å². The molecule has 3 heteroatoms. The SMILES string of the molecule is COc1cccc(CC(=O)c2cccc(N)c2)c1. The first kappa shape index (κ1) is 12.2. The molecule has 2 aromatic rings. The minimum atomic E-state index is 0.0514. The molecule has 0 saturated carbocycles. The van der Waals surface area contributed by atoms with Crippen LogP contribution in [0.4, 0.5) is 5.69 Å². The van der Waals surface area contributed by atoms with E-state index < -0.39 is 0 Å². The van der Waals surface area contributed by atoms with Crippen LogP contribution in [-0.2, 0) is 6.42 Å². The van der Waals surface area contributed by atoms with Crippen molar-refractivity contribution in [3.63, 3.8) is 0 Å². The predicted octanol–water partition coefficient (Wildman–Crippen LogP) is 2.70. The fourth-order valence-corrected chi connectivity index (χ4v) is 1.78. The van der Waals surface area contributed by atoms with E-state index in [1.54, 1.807) is 31.4 Å². The standard InChI is InChI=1S/C15H15NO2/c1-18-14-7-2-4-11(8-14)9-15(17)12-5-3-6-13(16)10-12/h2-8,10H,9,16H2,1H3. The lowest BCUT2D eigenvalue weighted by atomic mass is 10.0. The van der Waals surface area contributed by atoms with Gasteiger partial charge in [-0.3, -0.25) is 4.79 Å². The molecule has 0 aliphatic carbocycles. The van der Waals surface area contributed by atoms with Gasteiger partial charge in [-0.1, -0.05) is 24.3 Å². The number of carbonyl (C=O) groups excluding carboxylic acids is 1. The van der Waals surface area contributed by atoms with Crippen LogP contribution in [0, 0.1) is 0 Å². The Labute approximate surface area is 106 Å². The molecule has 92 valence electrons. The molecular formula is C15H15NO2. The Morgan fingerprint density at radius 3 is 2.67 bits per heavy atom. The van der Waals surface area contributed by atoms with Crippen molar-refractivity contribution in [2.75, 3.05) is 12.8 Å². The molecule has 0 amide bonds. The Bertz CT molecular complexity index is 564. The summed E-state index contributed by atoms with van der Waals surface area (Å²) in [5.74, 6) is 0.809. The molecule has 3 nitrogen and oxygen atoms in total. The van der Waals surface area contributed by atoms with Gasteiger partial charge in [-0.15, -0.1) is 0 Å². The highest BCUT2D eigenvalue weighted by molar-refractivity contribution is 5.98. The maximum atomic E-state index is 12.1. The number of benzene rings is 2. The number of ether oxygens (including phenoxy) is 1. The molecule has 0 radical (unpaired) electrons.